The number of aromatic hydroxyl groups is 1. The van der Waals surface area contributed by atoms with Gasteiger partial charge in [-0.3, -0.25) is 14.4 Å². The molecule has 12 heteroatoms. The Labute approximate surface area is 252 Å². The molecule has 0 amide bonds. The summed E-state index contributed by atoms with van der Waals surface area (Å²) in [6.45, 7) is 4.01. The maximum atomic E-state index is 14.3. The molecule has 232 valence electrons. The molecule has 0 saturated carbocycles. The van der Waals surface area contributed by atoms with Crippen molar-refractivity contribution in [2.75, 3.05) is 13.1 Å². The third-order valence-corrected chi connectivity index (χ3v) is 8.59. The minimum absolute atomic E-state index is 0.00217. The smallest absolute Gasteiger partial charge is 0.308 e. The molecule has 0 radical (unpaired) electrons. The van der Waals surface area contributed by atoms with Gasteiger partial charge in [-0.15, -0.1) is 0 Å². The van der Waals surface area contributed by atoms with Crippen LogP contribution >= 0.6 is 0 Å². The standard InChI is InChI=1S/C32H34N2O10/c1-14-25(36)29(40)30(41)32(42-14)44-31-21(11-16-5-8-34-13-16)23-24(28(39)22(31)17-6-9-33-10-7-17)26(37)19-4-3-18(43-15(2)35)12-20(19)27(23)38/h3-5,8,12-14,17,25,29-30,32-34,36,39-41H,6-7,9-11H2,1-2H3/t14-,25+,29+,30+,32+/m0/s1. The highest BCUT2D eigenvalue weighted by Crippen LogP contribution is 2.49. The van der Waals surface area contributed by atoms with Gasteiger partial charge < -0.3 is 44.9 Å². The molecule has 0 bridgehead atoms. The molecule has 6 rings (SSSR count). The second-order valence-corrected chi connectivity index (χ2v) is 11.5. The summed E-state index contributed by atoms with van der Waals surface area (Å²) in [4.78, 5) is 43.0. The van der Waals surface area contributed by atoms with Gasteiger partial charge in [0, 0.05) is 53.6 Å². The van der Waals surface area contributed by atoms with Crippen LogP contribution in [0.3, 0.4) is 0 Å². The van der Waals surface area contributed by atoms with E-state index in [1.807, 2.05) is 0 Å². The number of nitrogens with one attached hydrogen (secondary N) is 2. The number of H-pyrrole nitrogens is 1. The van der Waals surface area contributed by atoms with Crippen LogP contribution in [0.4, 0.5) is 0 Å². The maximum absolute atomic E-state index is 14.3. The number of rotatable bonds is 6. The fourth-order valence-corrected chi connectivity index (χ4v) is 6.36. The molecule has 2 saturated heterocycles. The van der Waals surface area contributed by atoms with Crippen molar-refractivity contribution in [3.8, 4) is 17.2 Å². The van der Waals surface area contributed by atoms with Gasteiger partial charge in [0.2, 0.25) is 6.29 Å². The third kappa shape index (κ3) is 5.18. The fourth-order valence-electron chi connectivity index (χ4n) is 6.36. The summed E-state index contributed by atoms with van der Waals surface area (Å²) in [7, 11) is 0. The summed E-state index contributed by atoms with van der Waals surface area (Å²) < 4.78 is 17.3. The second-order valence-electron chi connectivity index (χ2n) is 11.5. The first kappa shape index (κ1) is 30.0. The molecule has 6 N–H and O–H groups in total. The second kappa shape index (κ2) is 11.8. The van der Waals surface area contributed by atoms with Gasteiger partial charge >= 0.3 is 5.97 Å². The predicted octanol–water partition coefficient (Wildman–Crippen LogP) is 1.69. The van der Waals surface area contributed by atoms with Crippen molar-refractivity contribution in [3.05, 3.63) is 75.6 Å². The van der Waals surface area contributed by atoms with E-state index in [1.165, 1.54) is 32.0 Å². The number of carbonyl (C=O) groups excluding carboxylic acids is 3. The number of hydrogen-bond acceptors (Lipinski definition) is 11. The van der Waals surface area contributed by atoms with Crippen LogP contribution in [0.1, 0.15) is 81.1 Å². The lowest BCUT2D eigenvalue weighted by Crippen LogP contribution is -2.58. The summed E-state index contributed by atoms with van der Waals surface area (Å²) in [6.07, 6.45) is -2.29. The minimum atomic E-state index is -1.66. The monoisotopic (exact) mass is 606 g/mol. The first-order valence-corrected chi connectivity index (χ1v) is 14.6. The van der Waals surface area contributed by atoms with Gasteiger partial charge in [0.1, 0.15) is 35.6 Å². The van der Waals surface area contributed by atoms with Gasteiger partial charge in [0.05, 0.1) is 11.7 Å². The molecule has 2 aromatic carbocycles. The van der Waals surface area contributed by atoms with E-state index >= 15 is 0 Å². The van der Waals surface area contributed by atoms with Crippen molar-refractivity contribution >= 4 is 17.5 Å². The molecule has 2 aliphatic heterocycles. The van der Waals surface area contributed by atoms with Crippen LogP contribution in [-0.2, 0) is 16.0 Å². The zero-order valence-electron chi connectivity index (χ0n) is 24.2. The molecule has 1 aliphatic carbocycles. The molecule has 3 aliphatic rings. The average molecular weight is 607 g/mol. The first-order valence-electron chi connectivity index (χ1n) is 14.6. The van der Waals surface area contributed by atoms with E-state index in [9.17, 15) is 34.8 Å². The van der Waals surface area contributed by atoms with E-state index in [-0.39, 0.29) is 51.7 Å². The van der Waals surface area contributed by atoms with E-state index in [4.69, 9.17) is 14.2 Å². The number of carbonyl (C=O) groups is 3. The van der Waals surface area contributed by atoms with Crippen LogP contribution in [0.2, 0.25) is 0 Å². The van der Waals surface area contributed by atoms with Crippen LogP contribution < -0.4 is 14.8 Å². The third-order valence-electron chi connectivity index (χ3n) is 8.59. The number of hydrogen-bond donors (Lipinski definition) is 6. The Morgan fingerprint density at radius 2 is 1.73 bits per heavy atom. The average Bonchev–Trinajstić information content (AvgIpc) is 3.52. The van der Waals surface area contributed by atoms with E-state index in [0.717, 1.165) is 5.56 Å². The summed E-state index contributed by atoms with van der Waals surface area (Å²) in [5.41, 5.74) is 1.17. The highest BCUT2D eigenvalue weighted by atomic mass is 16.7. The van der Waals surface area contributed by atoms with Crippen LogP contribution in [0, 0.1) is 0 Å². The molecule has 1 aromatic heterocycles. The van der Waals surface area contributed by atoms with Gasteiger partial charge in [-0.25, -0.2) is 0 Å². The lowest BCUT2D eigenvalue weighted by atomic mass is 9.76. The Balaban J connectivity index is 1.59. The molecule has 2 fully saturated rings. The molecular weight excluding hydrogens is 572 g/mol. The number of ketones is 2. The molecule has 5 atom stereocenters. The van der Waals surface area contributed by atoms with Crippen molar-refractivity contribution in [1.82, 2.24) is 10.3 Å². The van der Waals surface area contributed by atoms with Crippen LogP contribution in [0.25, 0.3) is 0 Å². The van der Waals surface area contributed by atoms with Crippen molar-refractivity contribution < 1.29 is 49.0 Å². The largest absolute Gasteiger partial charge is 0.507 e. The molecule has 0 spiro atoms. The number of esters is 1. The number of aliphatic hydroxyl groups excluding tert-OH is 3. The number of piperidine rings is 1. The molecule has 3 aromatic rings. The first-order chi connectivity index (χ1) is 21.1. The summed E-state index contributed by atoms with van der Waals surface area (Å²) in [5, 5.41) is 46.8. The fraction of sp³-hybridized carbons (Fsp3) is 0.406. The van der Waals surface area contributed by atoms with Crippen molar-refractivity contribution in [3.63, 3.8) is 0 Å². The number of aromatic amines is 1. The number of phenols is 1. The zero-order chi connectivity index (χ0) is 31.3. The number of ether oxygens (including phenoxy) is 3. The van der Waals surface area contributed by atoms with Crippen LogP contribution in [0.15, 0.2) is 36.7 Å². The molecular formula is C32H34N2O10. The number of phenolic OH excluding ortho intramolecular Hbond substituents is 1. The number of aliphatic hydroxyl groups is 3. The maximum Gasteiger partial charge on any atom is 0.308 e. The quantitative estimate of drug-likeness (QED) is 0.138. The van der Waals surface area contributed by atoms with Crippen LogP contribution in [-0.4, -0.2) is 86.7 Å². The summed E-state index contributed by atoms with van der Waals surface area (Å²) in [5.74, 6) is -2.28. The lowest BCUT2D eigenvalue weighted by Gasteiger charge is -2.40. The van der Waals surface area contributed by atoms with E-state index in [0.29, 0.717) is 31.5 Å². The Morgan fingerprint density at radius 1 is 1.00 bits per heavy atom. The van der Waals surface area contributed by atoms with Gasteiger partial charge in [-0.2, -0.15) is 0 Å². The topological polar surface area (TPSA) is 188 Å². The van der Waals surface area contributed by atoms with Gasteiger partial charge in [-0.05, 0) is 68.6 Å². The van der Waals surface area contributed by atoms with E-state index in [1.54, 1.807) is 18.5 Å². The highest BCUT2D eigenvalue weighted by Gasteiger charge is 2.45. The Morgan fingerprint density at radius 3 is 2.41 bits per heavy atom. The molecule has 44 heavy (non-hydrogen) atoms. The predicted molar refractivity (Wildman–Crippen MR) is 154 cm³/mol. The van der Waals surface area contributed by atoms with Gasteiger partial charge in [0.25, 0.3) is 0 Å². The molecule has 3 heterocycles. The number of fused-ring (bicyclic) bond motifs is 2. The lowest BCUT2D eigenvalue weighted by molar-refractivity contribution is -0.268. The van der Waals surface area contributed by atoms with Crippen molar-refractivity contribution in [2.24, 2.45) is 0 Å². The van der Waals surface area contributed by atoms with Gasteiger partial charge in [0.15, 0.2) is 11.6 Å². The van der Waals surface area contributed by atoms with E-state index < -0.39 is 54.0 Å². The Hall–Kier alpha value is -4.07. The SMILES string of the molecule is CC(=O)Oc1ccc2c(c1)C(=O)c1c(Cc3cc[nH]c3)c(O[C@H]3O[C@@H](C)[C@@H](O)[C@@H](O)[C@H]3O)c(C3CCNCC3)c(O)c1C2=O. The minimum Gasteiger partial charge on any atom is -0.507 e. The molecule has 0 unspecified atom stereocenters. The normalized spacial score (nSPS) is 25.3. The zero-order valence-corrected chi connectivity index (χ0v) is 24.2. The molecule has 12 nitrogen and oxygen atoms in total. The summed E-state index contributed by atoms with van der Waals surface area (Å²) >= 11 is 0. The Kier molecular flexibility index (Phi) is 8.03. The van der Waals surface area contributed by atoms with Crippen molar-refractivity contribution in [1.29, 1.82) is 0 Å². The van der Waals surface area contributed by atoms with Crippen molar-refractivity contribution in [2.45, 2.75) is 69.7 Å². The Bertz CT molecular complexity index is 1610. The highest BCUT2D eigenvalue weighted by molar-refractivity contribution is 6.30. The number of benzene rings is 2. The van der Waals surface area contributed by atoms with Gasteiger partial charge in [-0.1, -0.05) is 0 Å². The van der Waals surface area contributed by atoms with E-state index in [2.05, 4.69) is 10.3 Å². The summed E-state index contributed by atoms with van der Waals surface area (Å²) in [6, 6.07) is 5.94. The number of aromatic nitrogens is 1. The van der Waals surface area contributed by atoms with Crippen LogP contribution in [0.5, 0.6) is 17.2 Å².